The zero-order chi connectivity index (χ0) is 8.43. The summed E-state index contributed by atoms with van der Waals surface area (Å²) >= 11 is 8.88. The SMILES string of the molecule is N#Cc1cc(N)c(Br)cc1Cl. The minimum absolute atomic E-state index is 0.396. The number of halogens is 2. The Bertz CT molecular complexity index is 330. The van der Waals surface area contributed by atoms with Gasteiger partial charge in [-0.1, -0.05) is 11.6 Å². The molecule has 1 aromatic rings. The van der Waals surface area contributed by atoms with Crippen molar-refractivity contribution in [3.05, 3.63) is 27.2 Å². The van der Waals surface area contributed by atoms with E-state index in [0.29, 0.717) is 20.7 Å². The van der Waals surface area contributed by atoms with Crippen LogP contribution < -0.4 is 5.73 Å². The molecule has 0 saturated carbocycles. The molecule has 0 fully saturated rings. The van der Waals surface area contributed by atoms with Crippen molar-refractivity contribution in [1.82, 2.24) is 0 Å². The zero-order valence-electron chi connectivity index (χ0n) is 5.44. The van der Waals surface area contributed by atoms with Gasteiger partial charge in [0.2, 0.25) is 0 Å². The van der Waals surface area contributed by atoms with Gasteiger partial charge in [0.1, 0.15) is 6.07 Å². The molecule has 0 amide bonds. The highest BCUT2D eigenvalue weighted by molar-refractivity contribution is 9.10. The summed E-state index contributed by atoms with van der Waals surface area (Å²) in [6, 6.07) is 5.07. The van der Waals surface area contributed by atoms with Gasteiger partial charge < -0.3 is 5.73 Å². The van der Waals surface area contributed by atoms with Crippen LogP contribution in [0.25, 0.3) is 0 Å². The van der Waals surface area contributed by atoms with Gasteiger partial charge in [-0.25, -0.2) is 0 Å². The number of nitrogen functional groups attached to an aromatic ring is 1. The first kappa shape index (κ1) is 8.38. The first-order valence-electron chi connectivity index (χ1n) is 2.79. The molecule has 0 aromatic heterocycles. The first-order chi connectivity index (χ1) is 5.15. The van der Waals surface area contributed by atoms with Gasteiger partial charge in [0, 0.05) is 10.2 Å². The third-order valence-corrected chi connectivity index (χ3v) is 2.21. The second-order valence-corrected chi connectivity index (χ2v) is 3.23. The van der Waals surface area contributed by atoms with Crippen LogP contribution in [-0.4, -0.2) is 0 Å². The van der Waals surface area contributed by atoms with E-state index in [1.807, 2.05) is 6.07 Å². The molecule has 0 aliphatic carbocycles. The van der Waals surface area contributed by atoms with Crippen LogP contribution in [0.2, 0.25) is 5.02 Å². The van der Waals surface area contributed by atoms with Gasteiger partial charge in [-0.2, -0.15) is 5.26 Å². The van der Waals surface area contributed by atoms with Gasteiger partial charge in [-0.05, 0) is 28.1 Å². The van der Waals surface area contributed by atoms with Crippen LogP contribution >= 0.6 is 27.5 Å². The minimum Gasteiger partial charge on any atom is -0.398 e. The molecule has 11 heavy (non-hydrogen) atoms. The average molecular weight is 231 g/mol. The van der Waals surface area contributed by atoms with Crippen LogP contribution in [0.5, 0.6) is 0 Å². The van der Waals surface area contributed by atoms with E-state index in [9.17, 15) is 0 Å². The van der Waals surface area contributed by atoms with Gasteiger partial charge in [0.15, 0.2) is 0 Å². The molecule has 0 aliphatic heterocycles. The largest absolute Gasteiger partial charge is 0.398 e. The van der Waals surface area contributed by atoms with E-state index in [1.54, 1.807) is 6.07 Å². The van der Waals surface area contributed by atoms with Crippen molar-refractivity contribution in [3.63, 3.8) is 0 Å². The molecular formula is C7H4BrClN2. The second-order valence-electron chi connectivity index (χ2n) is 1.97. The highest BCUT2D eigenvalue weighted by Crippen LogP contribution is 2.26. The smallest absolute Gasteiger partial charge is 0.101 e. The van der Waals surface area contributed by atoms with Crippen molar-refractivity contribution in [3.8, 4) is 6.07 Å². The van der Waals surface area contributed by atoms with Gasteiger partial charge in [0.05, 0.1) is 10.6 Å². The van der Waals surface area contributed by atoms with Gasteiger partial charge in [-0.15, -0.1) is 0 Å². The molecule has 0 saturated heterocycles. The summed E-state index contributed by atoms with van der Waals surface area (Å²) in [5.74, 6) is 0. The fourth-order valence-corrected chi connectivity index (χ4v) is 1.33. The Morgan fingerprint density at radius 3 is 2.73 bits per heavy atom. The summed E-state index contributed by atoms with van der Waals surface area (Å²) in [6.45, 7) is 0. The van der Waals surface area contributed by atoms with Crippen molar-refractivity contribution in [1.29, 1.82) is 5.26 Å². The molecule has 0 aliphatic rings. The van der Waals surface area contributed by atoms with Crippen LogP contribution in [0.3, 0.4) is 0 Å². The van der Waals surface area contributed by atoms with E-state index in [-0.39, 0.29) is 0 Å². The number of nitrogens with two attached hydrogens (primary N) is 1. The third-order valence-electron chi connectivity index (χ3n) is 1.21. The van der Waals surface area contributed by atoms with Crippen molar-refractivity contribution in [2.75, 3.05) is 5.73 Å². The average Bonchev–Trinajstić information content (AvgIpc) is 1.97. The van der Waals surface area contributed by atoms with Crippen LogP contribution in [0, 0.1) is 11.3 Å². The molecule has 4 heteroatoms. The molecule has 1 aromatic carbocycles. The maximum Gasteiger partial charge on any atom is 0.101 e. The Labute approximate surface area is 77.7 Å². The predicted octanol–water partition coefficient (Wildman–Crippen LogP) is 2.56. The molecule has 0 spiro atoms. The molecule has 2 N–H and O–H groups in total. The highest BCUT2D eigenvalue weighted by atomic mass is 79.9. The highest BCUT2D eigenvalue weighted by Gasteiger charge is 2.02. The van der Waals surface area contributed by atoms with Crippen LogP contribution in [-0.2, 0) is 0 Å². The molecule has 0 atom stereocenters. The number of nitriles is 1. The summed E-state index contributed by atoms with van der Waals surface area (Å²) in [7, 11) is 0. The summed E-state index contributed by atoms with van der Waals surface area (Å²) in [5.41, 5.74) is 6.42. The fraction of sp³-hybridized carbons (Fsp3) is 0. The molecule has 0 radical (unpaired) electrons. The molecule has 0 bridgehead atoms. The van der Waals surface area contributed by atoms with E-state index < -0.39 is 0 Å². The maximum absolute atomic E-state index is 8.53. The predicted molar refractivity (Wildman–Crippen MR) is 48.3 cm³/mol. The Morgan fingerprint density at radius 1 is 1.55 bits per heavy atom. The van der Waals surface area contributed by atoms with Crippen molar-refractivity contribution >= 4 is 33.2 Å². The first-order valence-corrected chi connectivity index (χ1v) is 3.97. The Morgan fingerprint density at radius 2 is 2.18 bits per heavy atom. The molecule has 2 nitrogen and oxygen atoms in total. The molecule has 0 unspecified atom stereocenters. The topological polar surface area (TPSA) is 49.8 Å². The molecule has 1 rings (SSSR count). The van der Waals surface area contributed by atoms with Crippen molar-refractivity contribution < 1.29 is 0 Å². The zero-order valence-corrected chi connectivity index (χ0v) is 7.78. The lowest BCUT2D eigenvalue weighted by Crippen LogP contribution is -1.88. The number of nitrogens with zero attached hydrogens (tertiary/aromatic N) is 1. The van der Waals surface area contributed by atoms with E-state index in [1.165, 1.54) is 6.07 Å². The van der Waals surface area contributed by atoms with E-state index in [4.69, 9.17) is 22.6 Å². The number of rotatable bonds is 0. The van der Waals surface area contributed by atoms with Crippen LogP contribution in [0.4, 0.5) is 5.69 Å². The summed E-state index contributed by atoms with van der Waals surface area (Å²) in [4.78, 5) is 0. The van der Waals surface area contributed by atoms with Gasteiger partial charge >= 0.3 is 0 Å². The Balaban J connectivity index is 3.35. The lowest BCUT2D eigenvalue weighted by atomic mass is 10.2. The molecule has 0 heterocycles. The summed E-state index contributed by atoms with van der Waals surface area (Å²) in [5, 5.41) is 8.94. The normalized spacial score (nSPS) is 9.18. The Hall–Kier alpha value is -0.720. The fourth-order valence-electron chi connectivity index (χ4n) is 0.651. The monoisotopic (exact) mass is 230 g/mol. The summed E-state index contributed by atoms with van der Waals surface area (Å²) < 4.78 is 0.710. The lowest BCUT2D eigenvalue weighted by Gasteiger charge is -1.99. The number of benzene rings is 1. The lowest BCUT2D eigenvalue weighted by molar-refractivity contribution is 1.48. The number of hydrogen-bond acceptors (Lipinski definition) is 2. The quantitative estimate of drug-likeness (QED) is 0.698. The Kier molecular flexibility index (Phi) is 2.38. The number of anilines is 1. The van der Waals surface area contributed by atoms with Crippen LogP contribution in [0.1, 0.15) is 5.56 Å². The van der Waals surface area contributed by atoms with Gasteiger partial charge in [-0.3, -0.25) is 0 Å². The van der Waals surface area contributed by atoms with E-state index >= 15 is 0 Å². The third kappa shape index (κ3) is 1.65. The van der Waals surface area contributed by atoms with Crippen LogP contribution in [0.15, 0.2) is 16.6 Å². The second kappa shape index (κ2) is 3.12. The van der Waals surface area contributed by atoms with Crippen molar-refractivity contribution in [2.24, 2.45) is 0 Å². The van der Waals surface area contributed by atoms with E-state index in [2.05, 4.69) is 15.9 Å². The van der Waals surface area contributed by atoms with E-state index in [0.717, 1.165) is 0 Å². The minimum atomic E-state index is 0.396. The number of hydrogen-bond donors (Lipinski definition) is 1. The molecular weight excluding hydrogens is 227 g/mol. The summed E-state index contributed by atoms with van der Waals surface area (Å²) in [6.07, 6.45) is 0. The van der Waals surface area contributed by atoms with Gasteiger partial charge in [0.25, 0.3) is 0 Å². The maximum atomic E-state index is 8.53. The van der Waals surface area contributed by atoms with Crippen molar-refractivity contribution in [2.45, 2.75) is 0 Å². The standard InChI is InChI=1S/C7H4BrClN2/c8-5-2-6(9)4(3-10)1-7(5)11/h1-2H,11H2. The molecule has 56 valence electrons.